The summed E-state index contributed by atoms with van der Waals surface area (Å²) in [5, 5.41) is 0. The minimum Gasteiger partial charge on any atom is -0.435 e. The maximum absolute atomic E-state index is 12.0. The predicted molar refractivity (Wildman–Crippen MR) is 88.1 cm³/mol. The molecule has 0 atom stereocenters. The van der Waals surface area contributed by atoms with Gasteiger partial charge in [-0.25, -0.2) is 13.1 Å². The van der Waals surface area contributed by atoms with E-state index in [1.165, 1.54) is 30.3 Å². The van der Waals surface area contributed by atoms with Crippen molar-refractivity contribution in [3.8, 4) is 5.75 Å². The molecule has 1 aromatic carbocycles. The van der Waals surface area contributed by atoms with E-state index in [1.54, 1.807) is 0 Å². The fourth-order valence-corrected chi connectivity index (χ4v) is 2.97. The summed E-state index contributed by atoms with van der Waals surface area (Å²) in [6.45, 7) is 2.82. The van der Waals surface area contributed by atoms with Crippen LogP contribution in [-0.2, 0) is 14.8 Å². The van der Waals surface area contributed by atoms with Crippen molar-refractivity contribution in [2.24, 2.45) is 5.41 Å². The van der Waals surface area contributed by atoms with Crippen LogP contribution in [0.4, 0.5) is 8.78 Å². The van der Waals surface area contributed by atoms with Crippen molar-refractivity contribution < 1.29 is 26.7 Å². The minimum atomic E-state index is -3.69. The number of alkyl halides is 2. The second-order valence-corrected chi connectivity index (χ2v) is 8.22. The number of sulfonamides is 1. The third-order valence-corrected chi connectivity index (χ3v) is 4.16. The number of nitrogens with one attached hydrogen (secondary N) is 1. The smallest absolute Gasteiger partial charge is 0.387 e. The first-order valence-corrected chi connectivity index (χ1v) is 8.89. The standard InChI is InChI=1S/C16H21F2NO4S/c1-16(2,3)10-11-24(21,22)19-14(20)9-6-12-4-7-13(8-5-12)23-15(17)18/h4-9,15H,10-11H2,1-3H3,(H,19,20)/b9-6+. The Morgan fingerprint density at radius 1 is 1.25 bits per heavy atom. The average molecular weight is 361 g/mol. The topological polar surface area (TPSA) is 72.5 Å². The fraction of sp³-hybridized carbons (Fsp3) is 0.438. The minimum absolute atomic E-state index is 0.00337. The van der Waals surface area contributed by atoms with Crippen molar-refractivity contribution >= 4 is 22.0 Å². The molecule has 0 aromatic heterocycles. The molecule has 0 heterocycles. The lowest BCUT2D eigenvalue weighted by molar-refractivity contribution is -0.114. The number of amides is 1. The molecule has 1 aromatic rings. The van der Waals surface area contributed by atoms with E-state index >= 15 is 0 Å². The monoisotopic (exact) mass is 361 g/mol. The van der Waals surface area contributed by atoms with E-state index in [1.807, 2.05) is 25.5 Å². The lowest BCUT2D eigenvalue weighted by Crippen LogP contribution is -2.32. The highest BCUT2D eigenvalue weighted by atomic mass is 32.2. The Hall–Kier alpha value is -1.96. The molecule has 0 saturated heterocycles. The van der Waals surface area contributed by atoms with Crippen LogP contribution >= 0.6 is 0 Å². The first-order valence-electron chi connectivity index (χ1n) is 7.24. The summed E-state index contributed by atoms with van der Waals surface area (Å²) < 4.78 is 53.8. The van der Waals surface area contributed by atoms with E-state index < -0.39 is 22.5 Å². The number of rotatable bonds is 7. The molecular weight excluding hydrogens is 340 g/mol. The van der Waals surface area contributed by atoms with Gasteiger partial charge in [0.1, 0.15) is 5.75 Å². The summed E-state index contributed by atoms with van der Waals surface area (Å²) in [7, 11) is -3.69. The molecule has 134 valence electrons. The molecule has 0 aliphatic rings. The third kappa shape index (κ3) is 8.61. The summed E-state index contributed by atoms with van der Waals surface area (Å²) >= 11 is 0. The summed E-state index contributed by atoms with van der Waals surface area (Å²) in [4.78, 5) is 11.7. The van der Waals surface area contributed by atoms with Crippen molar-refractivity contribution in [3.63, 3.8) is 0 Å². The molecule has 5 nitrogen and oxygen atoms in total. The number of ether oxygens (including phenoxy) is 1. The van der Waals surface area contributed by atoms with Crippen LogP contribution in [0.5, 0.6) is 5.75 Å². The molecule has 0 spiro atoms. The van der Waals surface area contributed by atoms with Gasteiger partial charge in [-0.1, -0.05) is 32.9 Å². The van der Waals surface area contributed by atoms with E-state index in [9.17, 15) is 22.0 Å². The van der Waals surface area contributed by atoms with Crippen LogP contribution in [0.3, 0.4) is 0 Å². The van der Waals surface area contributed by atoms with E-state index in [4.69, 9.17) is 0 Å². The van der Waals surface area contributed by atoms with Gasteiger partial charge in [0.25, 0.3) is 5.91 Å². The Labute approximate surface area is 140 Å². The molecule has 0 saturated carbocycles. The Morgan fingerprint density at radius 2 is 1.83 bits per heavy atom. The molecule has 1 amide bonds. The van der Waals surface area contributed by atoms with Crippen molar-refractivity contribution in [1.29, 1.82) is 0 Å². The van der Waals surface area contributed by atoms with Gasteiger partial charge in [-0.15, -0.1) is 0 Å². The predicted octanol–water partition coefficient (Wildman–Crippen LogP) is 3.18. The zero-order chi connectivity index (χ0) is 18.4. The Morgan fingerprint density at radius 3 is 2.33 bits per heavy atom. The second-order valence-electron chi connectivity index (χ2n) is 6.38. The van der Waals surface area contributed by atoms with E-state index in [-0.39, 0.29) is 16.9 Å². The van der Waals surface area contributed by atoms with Crippen molar-refractivity contribution in [1.82, 2.24) is 4.72 Å². The average Bonchev–Trinajstić information content (AvgIpc) is 2.43. The van der Waals surface area contributed by atoms with Crippen LogP contribution in [0.25, 0.3) is 6.08 Å². The SMILES string of the molecule is CC(C)(C)CCS(=O)(=O)NC(=O)/C=C/c1ccc(OC(F)F)cc1. The van der Waals surface area contributed by atoms with Gasteiger partial charge in [-0.05, 0) is 35.6 Å². The molecule has 0 fully saturated rings. The molecule has 0 radical (unpaired) electrons. The van der Waals surface area contributed by atoms with Crippen LogP contribution < -0.4 is 9.46 Å². The Bertz CT molecular complexity index is 677. The molecule has 1 rings (SSSR count). The Kier molecular flexibility index (Phi) is 6.89. The number of carbonyl (C=O) groups excluding carboxylic acids is 1. The summed E-state index contributed by atoms with van der Waals surface area (Å²) in [6.07, 6.45) is 2.86. The molecule has 0 bridgehead atoms. The zero-order valence-corrected chi connectivity index (χ0v) is 14.6. The number of carbonyl (C=O) groups is 1. The fourth-order valence-electron chi connectivity index (χ4n) is 1.61. The normalized spacial score (nSPS) is 12.6. The van der Waals surface area contributed by atoms with E-state index in [0.717, 1.165) is 6.08 Å². The van der Waals surface area contributed by atoms with Crippen molar-refractivity contribution in [2.45, 2.75) is 33.8 Å². The molecule has 8 heteroatoms. The highest BCUT2D eigenvalue weighted by molar-refractivity contribution is 7.90. The van der Waals surface area contributed by atoms with Crippen LogP contribution in [0.15, 0.2) is 30.3 Å². The van der Waals surface area contributed by atoms with Gasteiger partial charge in [0, 0.05) is 6.08 Å². The lowest BCUT2D eigenvalue weighted by atomic mass is 9.94. The van der Waals surface area contributed by atoms with Crippen LogP contribution in [0, 0.1) is 5.41 Å². The quantitative estimate of drug-likeness (QED) is 0.757. The number of hydrogen-bond acceptors (Lipinski definition) is 4. The number of halogens is 2. The molecule has 1 N–H and O–H groups in total. The van der Waals surface area contributed by atoms with Crippen molar-refractivity contribution in [2.75, 3.05) is 5.75 Å². The molecule has 0 aliphatic carbocycles. The first kappa shape index (κ1) is 20.1. The van der Waals surface area contributed by atoms with Gasteiger partial charge in [-0.2, -0.15) is 8.78 Å². The summed E-state index contributed by atoms with van der Waals surface area (Å²) in [5.41, 5.74) is 0.384. The van der Waals surface area contributed by atoms with E-state index in [2.05, 4.69) is 4.74 Å². The van der Waals surface area contributed by atoms with Gasteiger partial charge in [-0.3, -0.25) is 4.79 Å². The zero-order valence-electron chi connectivity index (χ0n) is 13.8. The first-order chi connectivity index (χ1) is 11.0. The highest BCUT2D eigenvalue weighted by Crippen LogP contribution is 2.19. The Balaban J connectivity index is 2.59. The van der Waals surface area contributed by atoms with Crippen LogP contribution in [0.1, 0.15) is 32.8 Å². The molecule has 0 unspecified atom stereocenters. The lowest BCUT2D eigenvalue weighted by Gasteiger charge is -2.17. The molecule has 24 heavy (non-hydrogen) atoms. The maximum Gasteiger partial charge on any atom is 0.387 e. The molecular formula is C16H21F2NO4S. The maximum atomic E-state index is 12.0. The van der Waals surface area contributed by atoms with Gasteiger partial charge < -0.3 is 4.74 Å². The van der Waals surface area contributed by atoms with Gasteiger partial charge in [0.2, 0.25) is 10.0 Å². The number of hydrogen-bond donors (Lipinski definition) is 1. The van der Waals surface area contributed by atoms with Crippen LogP contribution in [-0.4, -0.2) is 26.7 Å². The van der Waals surface area contributed by atoms with Gasteiger partial charge in [0.05, 0.1) is 5.75 Å². The third-order valence-electron chi connectivity index (χ3n) is 2.91. The largest absolute Gasteiger partial charge is 0.435 e. The van der Waals surface area contributed by atoms with Crippen molar-refractivity contribution in [3.05, 3.63) is 35.9 Å². The van der Waals surface area contributed by atoms with Gasteiger partial charge >= 0.3 is 6.61 Å². The second kappa shape index (κ2) is 8.23. The highest BCUT2D eigenvalue weighted by Gasteiger charge is 2.18. The summed E-state index contributed by atoms with van der Waals surface area (Å²) in [5.74, 6) is -0.913. The van der Waals surface area contributed by atoms with E-state index in [0.29, 0.717) is 12.0 Å². The number of benzene rings is 1. The van der Waals surface area contributed by atoms with Gasteiger partial charge in [0.15, 0.2) is 0 Å². The summed E-state index contributed by atoms with van der Waals surface area (Å²) in [6, 6.07) is 5.58. The molecule has 0 aliphatic heterocycles. The van der Waals surface area contributed by atoms with Crippen LogP contribution in [0.2, 0.25) is 0 Å².